The number of carbonyl (C=O) groups excluding carboxylic acids is 1. The molecule has 0 aliphatic heterocycles. The maximum absolute atomic E-state index is 13.6. The second-order valence-electron chi connectivity index (χ2n) is 4.62. The molecule has 0 unspecified atom stereocenters. The topological polar surface area (TPSA) is 62.2 Å². The third kappa shape index (κ3) is 3.11. The van der Waals surface area contributed by atoms with E-state index in [1.54, 1.807) is 18.2 Å². The minimum absolute atomic E-state index is 0. The highest BCUT2D eigenvalue weighted by molar-refractivity contribution is 6.09. The van der Waals surface area contributed by atoms with Crippen LogP contribution in [-0.4, -0.2) is 16.0 Å². The Morgan fingerprint density at radius 1 is 1.13 bits per heavy atom. The molecule has 0 radical (unpaired) electrons. The summed E-state index contributed by atoms with van der Waals surface area (Å²) >= 11 is 0. The van der Waals surface area contributed by atoms with Gasteiger partial charge in [0.15, 0.2) is 5.75 Å². The van der Waals surface area contributed by atoms with Crippen molar-refractivity contribution >= 4 is 22.5 Å². The van der Waals surface area contributed by atoms with Crippen LogP contribution in [0.25, 0.3) is 10.9 Å². The normalized spacial score (nSPS) is 10.2. The van der Waals surface area contributed by atoms with Crippen LogP contribution in [0.5, 0.6) is 5.75 Å². The van der Waals surface area contributed by atoms with Crippen molar-refractivity contribution in [3.8, 4) is 5.75 Å². The number of phenols is 1. The van der Waals surface area contributed by atoms with Gasteiger partial charge in [0, 0.05) is 17.6 Å². The van der Waals surface area contributed by atoms with Gasteiger partial charge in [0.1, 0.15) is 17.2 Å². The van der Waals surface area contributed by atoms with Gasteiger partial charge in [0.2, 0.25) is 0 Å². The molecule has 3 aromatic rings. The molecule has 1 amide bonds. The maximum atomic E-state index is 13.6. The zero-order valence-corrected chi connectivity index (χ0v) is 11.2. The van der Waals surface area contributed by atoms with Crippen molar-refractivity contribution in [3.63, 3.8) is 0 Å². The SMILES string of the molecule is C.O=C(Nc1ccc(F)cc1F)c1ccc2cccnc2c1O. The zero-order chi connectivity index (χ0) is 15.7. The van der Waals surface area contributed by atoms with Crippen LogP contribution in [-0.2, 0) is 0 Å². The molecule has 2 N–H and O–H groups in total. The fraction of sp³-hybridized carbons (Fsp3) is 0.0588. The number of nitrogens with zero attached hydrogens (tertiary/aromatic N) is 1. The smallest absolute Gasteiger partial charge is 0.259 e. The van der Waals surface area contributed by atoms with Gasteiger partial charge in [-0.3, -0.25) is 9.78 Å². The predicted molar refractivity (Wildman–Crippen MR) is 84.5 cm³/mol. The molecule has 0 bridgehead atoms. The number of aromatic hydroxyl groups is 1. The van der Waals surface area contributed by atoms with Gasteiger partial charge < -0.3 is 10.4 Å². The molecule has 0 saturated heterocycles. The molecule has 3 rings (SSSR count). The van der Waals surface area contributed by atoms with E-state index < -0.39 is 17.5 Å². The van der Waals surface area contributed by atoms with Crippen LogP contribution in [0.15, 0.2) is 48.7 Å². The van der Waals surface area contributed by atoms with E-state index in [-0.39, 0.29) is 29.9 Å². The lowest BCUT2D eigenvalue weighted by atomic mass is 10.1. The first-order chi connectivity index (χ1) is 10.6. The molecule has 0 saturated carbocycles. The van der Waals surface area contributed by atoms with Crippen LogP contribution in [0.3, 0.4) is 0 Å². The van der Waals surface area contributed by atoms with Gasteiger partial charge in [0.25, 0.3) is 5.91 Å². The summed E-state index contributed by atoms with van der Waals surface area (Å²) in [5, 5.41) is 13.1. The number of pyridine rings is 1. The molecule has 4 nitrogen and oxygen atoms in total. The van der Waals surface area contributed by atoms with E-state index in [4.69, 9.17) is 0 Å². The van der Waals surface area contributed by atoms with Crippen LogP contribution < -0.4 is 5.32 Å². The number of nitrogens with one attached hydrogen (secondary N) is 1. The highest BCUT2D eigenvalue weighted by Crippen LogP contribution is 2.27. The highest BCUT2D eigenvalue weighted by Gasteiger charge is 2.16. The van der Waals surface area contributed by atoms with E-state index in [1.807, 2.05) is 0 Å². The lowest BCUT2D eigenvalue weighted by Gasteiger charge is -2.09. The van der Waals surface area contributed by atoms with Crippen molar-refractivity contribution in [2.45, 2.75) is 7.43 Å². The Labute approximate surface area is 131 Å². The number of anilines is 1. The number of hydrogen-bond donors (Lipinski definition) is 2. The van der Waals surface area contributed by atoms with Crippen molar-refractivity contribution in [2.24, 2.45) is 0 Å². The molecule has 6 heteroatoms. The Hall–Kier alpha value is -3.02. The summed E-state index contributed by atoms with van der Waals surface area (Å²) in [5.41, 5.74) is 0.0524. The van der Waals surface area contributed by atoms with Crippen molar-refractivity contribution < 1.29 is 18.7 Å². The average Bonchev–Trinajstić information content (AvgIpc) is 2.50. The predicted octanol–water partition coefficient (Wildman–Crippen LogP) is 4.11. The van der Waals surface area contributed by atoms with Crippen LogP contribution in [0.4, 0.5) is 14.5 Å². The zero-order valence-electron chi connectivity index (χ0n) is 11.2. The molecule has 0 spiro atoms. The molecule has 23 heavy (non-hydrogen) atoms. The Kier molecular flexibility index (Phi) is 4.55. The fourth-order valence-electron chi connectivity index (χ4n) is 2.09. The number of rotatable bonds is 2. The quantitative estimate of drug-likeness (QED) is 0.748. The number of benzene rings is 2. The lowest BCUT2D eigenvalue weighted by Crippen LogP contribution is -2.13. The summed E-state index contributed by atoms with van der Waals surface area (Å²) in [6.07, 6.45) is 1.49. The van der Waals surface area contributed by atoms with Gasteiger partial charge >= 0.3 is 0 Å². The second kappa shape index (κ2) is 6.39. The fourth-order valence-corrected chi connectivity index (χ4v) is 2.09. The number of aromatic nitrogens is 1. The average molecular weight is 316 g/mol. The Bertz CT molecular complexity index is 882. The third-order valence-electron chi connectivity index (χ3n) is 3.17. The molecule has 0 aliphatic carbocycles. The largest absolute Gasteiger partial charge is 0.505 e. The molecule has 2 aromatic carbocycles. The Balaban J connectivity index is 0.00000192. The summed E-state index contributed by atoms with van der Waals surface area (Å²) < 4.78 is 26.4. The lowest BCUT2D eigenvalue weighted by molar-refractivity contribution is 0.102. The first-order valence-electron chi connectivity index (χ1n) is 6.39. The minimum atomic E-state index is -0.897. The molecule has 0 aliphatic rings. The molecule has 1 aromatic heterocycles. The first-order valence-corrected chi connectivity index (χ1v) is 6.39. The number of hydrogen-bond acceptors (Lipinski definition) is 3. The van der Waals surface area contributed by atoms with E-state index >= 15 is 0 Å². The molecule has 0 fully saturated rings. The number of carbonyl (C=O) groups is 1. The van der Waals surface area contributed by atoms with Gasteiger partial charge in [-0.15, -0.1) is 0 Å². The molecular weight excluding hydrogens is 302 g/mol. The highest BCUT2D eigenvalue weighted by atomic mass is 19.1. The molecule has 0 atom stereocenters. The van der Waals surface area contributed by atoms with Gasteiger partial charge in [-0.1, -0.05) is 19.6 Å². The Morgan fingerprint density at radius 2 is 1.91 bits per heavy atom. The van der Waals surface area contributed by atoms with Gasteiger partial charge in [-0.2, -0.15) is 0 Å². The van der Waals surface area contributed by atoms with Gasteiger partial charge in [0.05, 0.1) is 11.3 Å². The van der Waals surface area contributed by atoms with Crippen LogP contribution in [0.1, 0.15) is 17.8 Å². The second-order valence-corrected chi connectivity index (χ2v) is 4.62. The van der Waals surface area contributed by atoms with E-state index in [0.29, 0.717) is 11.5 Å². The summed E-state index contributed by atoms with van der Waals surface area (Å²) in [7, 11) is 0. The molecular formula is C17H14F2N2O2. The van der Waals surface area contributed by atoms with Crippen LogP contribution in [0.2, 0.25) is 0 Å². The summed E-state index contributed by atoms with van der Waals surface area (Å²) in [4.78, 5) is 16.2. The third-order valence-corrected chi connectivity index (χ3v) is 3.17. The van der Waals surface area contributed by atoms with E-state index in [2.05, 4.69) is 10.3 Å². The first kappa shape index (κ1) is 16.4. The number of amides is 1. The Morgan fingerprint density at radius 3 is 2.65 bits per heavy atom. The van der Waals surface area contributed by atoms with Crippen molar-refractivity contribution in [1.29, 1.82) is 0 Å². The summed E-state index contributed by atoms with van der Waals surface area (Å²) in [5.74, 6) is -2.64. The van der Waals surface area contributed by atoms with E-state index in [1.165, 1.54) is 12.3 Å². The van der Waals surface area contributed by atoms with Gasteiger partial charge in [-0.25, -0.2) is 8.78 Å². The number of phenolic OH excluding ortho intramolecular Hbond substituents is 1. The number of fused-ring (bicyclic) bond motifs is 1. The van der Waals surface area contributed by atoms with Crippen molar-refractivity contribution in [1.82, 2.24) is 4.98 Å². The molecule has 118 valence electrons. The van der Waals surface area contributed by atoms with Crippen molar-refractivity contribution in [2.75, 3.05) is 5.32 Å². The van der Waals surface area contributed by atoms with Gasteiger partial charge in [-0.05, 0) is 24.3 Å². The monoisotopic (exact) mass is 316 g/mol. The molecule has 1 heterocycles. The number of halogens is 2. The van der Waals surface area contributed by atoms with E-state index in [9.17, 15) is 18.7 Å². The van der Waals surface area contributed by atoms with E-state index in [0.717, 1.165) is 12.1 Å². The summed E-state index contributed by atoms with van der Waals surface area (Å²) in [6.45, 7) is 0. The van der Waals surface area contributed by atoms with Crippen LogP contribution in [0, 0.1) is 11.6 Å². The summed E-state index contributed by atoms with van der Waals surface area (Å²) in [6, 6.07) is 9.28. The van der Waals surface area contributed by atoms with Crippen LogP contribution >= 0.6 is 0 Å². The minimum Gasteiger partial charge on any atom is -0.505 e. The maximum Gasteiger partial charge on any atom is 0.259 e. The van der Waals surface area contributed by atoms with Crippen molar-refractivity contribution in [3.05, 3.63) is 65.9 Å². The standard InChI is InChI=1S/C16H10F2N2O2.CH4/c17-10-4-6-13(12(18)8-10)20-16(22)11-5-3-9-2-1-7-19-14(9)15(11)21;/h1-8,21H,(H,20,22);1H4.